The number of rotatable bonds is 4. The minimum Gasteiger partial charge on any atom is -0.398 e. The molecule has 1 aromatic rings. The lowest BCUT2D eigenvalue weighted by atomic mass is 10.1. The number of carbonyl (C=O) groups excluding carboxylic acids is 3. The summed E-state index contributed by atoms with van der Waals surface area (Å²) in [5, 5.41) is 5.34. The lowest BCUT2D eigenvalue weighted by molar-refractivity contribution is -0.121. The molecule has 0 aromatic heterocycles. The van der Waals surface area contributed by atoms with Crippen molar-refractivity contribution >= 4 is 35.1 Å². The fraction of sp³-hybridized carbons (Fsp3) is 0.308. The fourth-order valence-electron chi connectivity index (χ4n) is 1.95. The number of anilines is 1. The Balaban J connectivity index is 1.84. The van der Waals surface area contributed by atoms with Gasteiger partial charge in [-0.05, 0) is 18.2 Å². The van der Waals surface area contributed by atoms with Crippen LogP contribution in [0, 0.1) is 0 Å². The second-order valence-corrected chi connectivity index (χ2v) is 5.01. The second-order valence-electron chi connectivity index (χ2n) is 4.58. The zero-order chi connectivity index (χ0) is 15.4. The monoisotopic (exact) mass is 310 g/mol. The highest BCUT2D eigenvalue weighted by Gasteiger charge is 2.22. The summed E-state index contributed by atoms with van der Waals surface area (Å²) in [5.41, 5.74) is 6.34. The second kappa shape index (κ2) is 6.45. The molecule has 0 spiro atoms. The highest BCUT2D eigenvalue weighted by Crippen LogP contribution is 2.17. The van der Waals surface area contributed by atoms with Crippen molar-refractivity contribution in [2.24, 2.45) is 0 Å². The molecule has 0 atom stereocenters. The predicted octanol–water partition coefficient (Wildman–Crippen LogP) is 0.594. The smallest absolute Gasteiger partial charge is 0.324 e. The molecule has 1 saturated heterocycles. The standard InChI is InChI=1S/C13H15ClN4O3/c14-8-1-2-9(10(15)7-8)12(20)16-4-6-18-5-3-11(19)17-13(18)21/h1-2,7H,3-6,15H2,(H,16,20)(H,17,19,21). The first-order valence-corrected chi connectivity index (χ1v) is 6.77. The molecule has 1 aliphatic heterocycles. The first-order chi connectivity index (χ1) is 9.97. The van der Waals surface area contributed by atoms with Crippen molar-refractivity contribution in [2.75, 3.05) is 25.4 Å². The van der Waals surface area contributed by atoms with Gasteiger partial charge in [-0.3, -0.25) is 14.9 Å². The number of amides is 4. The van der Waals surface area contributed by atoms with E-state index in [-0.39, 0.29) is 24.8 Å². The number of halogens is 1. The molecule has 1 fully saturated rings. The van der Waals surface area contributed by atoms with E-state index in [0.717, 1.165) is 0 Å². The van der Waals surface area contributed by atoms with E-state index in [0.29, 0.717) is 29.4 Å². The topological polar surface area (TPSA) is 105 Å². The summed E-state index contributed by atoms with van der Waals surface area (Å²) in [6.45, 7) is 0.935. The molecule has 4 N–H and O–H groups in total. The molecule has 4 amide bonds. The van der Waals surface area contributed by atoms with Crippen LogP contribution in [0.2, 0.25) is 5.02 Å². The summed E-state index contributed by atoms with van der Waals surface area (Å²) in [7, 11) is 0. The summed E-state index contributed by atoms with van der Waals surface area (Å²) in [6.07, 6.45) is 0.268. The lowest BCUT2D eigenvalue weighted by Gasteiger charge is -2.26. The molecular weight excluding hydrogens is 296 g/mol. The van der Waals surface area contributed by atoms with Crippen molar-refractivity contribution in [3.63, 3.8) is 0 Å². The number of nitrogen functional groups attached to an aromatic ring is 1. The van der Waals surface area contributed by atoms with Crippen molar-refractivity contribution in [2.45, 2.75) is 6.42 Å². The van der Waals surface area contributed by atoms with Crippen LogP contribution in [0.5, 0.6) is 0 Å². The number of urea groups is 1. The van der Waals surface area contributed by atoms with Gasteiger partial charge < -0.3 is 16.0 Å². The van der Waals surface area contributed by atoms with E-state index in [4.69, 9.17) is 17.3 Å². The van der Waals surface area contributed by atoms with Gasteiger partial charge in [-0.15, -0.1) is 0 Å². The summed E-state index contributed by atoms with van der Waals surface area (Å²) in [6, 6.07) is 4.18. The molecule has 0 radical (unpaired) electrons. The van der Waals surface area contributed by atoms with Crippen molar-refractivity contribution in [1.82, 2.24) is 15.5 Å². The summed E-state index contributed by atoms with van der Waals surface area (Å²) >= 11 is 5.77. The largest absolute Gasteiger partial charge is 0.398 e. The van der Waals surface area contributed by atoms with Crippen molar-refractivity contribution in [1.29, 1.82) is 0 Å². The number of nitrogens with one attached hydrogen (secondary N) is 2. The molecule has 1 aliphatic rings. The van der Waals surface area contributed by atoms with E-state index < -0.39 is 6.03 Å². The van der Waals surface area contributed by atoms with Crippen molar-refractivity contribution in [3.8, 4) is 0 Å². The van der Waals surface area contributed by atoms with Crippen LogP contribution in [-0.2, 0) is 4.79 Å². The maximum Gasteiger partial charge on any atom is 0.324 e. The zero-order valence-corrected chi connectivity index (χ0v) is 11.9. The van der Waals surface area contributed by atoms with E-state index >= 15 is 0 Å². The Bertz CT molecular complexity index is 591. The summed E-state index contributed by atoms with van der Waals surface area (Å²) < 4.78 is 0. The lowest BCUT2D eigenvalue weighted by Crippen LogP contribution is -2.51. The van der Waals surface area contributed by atoms with Crippen LogP contribution in [0.25, 0.3) is 0 Å². The number of nitrogens with two attached hydrogens (primary N) is 1. The molecule has 1 heterocycles. The Morgan fingerprint density at radius 2 is 2.19 bits per heavy atom. The van der Waals surface area contributed by atoms with Gasteiger partial charge in [-0.25, -0.2) is 4.79 Å². The first-order valence-electron chi connectivity index (χ1n) is 6.39. The average molecular weight is 311 g/mol. The quantitative estimate of drug-likeness (QED) is 0.708. The van der Waals surface area contributed by atoms with Gasteiger partial charge in [-0.2, -0.15) is 0 Å². The van der Waals surface area contributed by atoms with Crippen molar-refractivity contribution in [3.05, 3.63) is 28.8 Å². The molecule has 0 bridgehead atoms. The van der Waals surface area contributed by atoms with Gasteiger partial charge >= 0.3 is 6.03 Å². The summed E-state index contributed by atoms with van der Waals surface area (Å²) in [4.78, 5) is 35.9. The Morgan fingerprint density at radius 3 is 2.86 bits per heavy atom. The van der Waals surface area contributed by atoms with Crippen LogP contribution < -0.4 is 16.4 Å². The molecule has 8 heteroatoms. The number of imide groups is 1. The molecule has 0 unspecified atom stereocenters. The van der Waals surface area contributed by atoms with E-state index in [2.05, 4.69) is 10.6 Å². The minimum atomic E-state index is -0.438. The molecule has 0 saturated carbocycles. The van der Waals surface area contributed by atoms with Gasteiger partial charge in [-0.1, -0.05) is 11.6 Å². The number of benzene rings is 1. The molecule has 112 valence electrons. The number of carbonyl (C=O) groups is 3. The van der Waals surface area contributed by atoms with E-state index in [9.17, 15) is 14.4 Å². The molecule has 7 nitrogen and oxygen atoms in total. The third kappa shape index (κ3) is 3.85. The number of nitrogens with zero attached hydrogens (tertiary/aromatic N) is 1. The Hall–Kier alpha value is -2.28. The highest BCUT2D eigenvalue weighted by molar-refractivity contribution is 6.31. The van der Waals surface area contributed by atoms with Crippen LogP contribution in [0.15, 0.2) is 18.2 Å². The third-order valence-electron chi connectivity index (χ3n) is 3.07. The van der Waals surface area contributed by atoms with Crippen LogP contribution in [-0.4, -0.2) is 42.4 Å². The van der Waals surface area contributed by atoms with E-state index in [1.807, 2.05) is 0 Å². The Kier molecular flexibility index (Phi) is 4.64. The molecule has 1 aromatic carbocycles. The minimum absolute atomic E-state index is 0.266. The maximum absolute atomic E-state index is 11.9. The van der Waals surface area contributed by atoms with Gasteiger partial charge in [0.05, 0.1) is 5.56 Å². The Morgan fingerprint density at radius 1 is 1.43 bits per heavy atom. The highest BCUT2D eigenvalue weighted by atomic mass is 35.5. The first kappa shape index (κ1) is 15.1. The van der Waals surface area contributed by atoms with Crippen LogP contribution in [0.3, 0.4) is 0 Å². The van der Waals surface area contributed by atoms with Crippen LogP contribution >= 0.6 is 11.6 Å². The van der Waals surface area contributed by atoms with E-state index in [1.54, 1.807) is 12.1 Å². The predicted molar refractivity (Wildman–Crippen MR) is 77.9 cm³/mol. The molecular formula is C13H15ClN4O3. The third-order valence-corrected chi connectivity index (χ3v) is 3.30. The summed E-state index contributed by atoms with van der Waals surface area (Å²) in [5.74, 6) is -0.619. The van der Waals surface area contributed by atoms with Crippen LogP contribution in [0.4, 0.5) is 10.5 Å². The van der Waals surface area contributed by atoms with Gasteiger partial charge in [0.1, 0.15) is 0 Å². The van der Waals surface area contributed by atoms with E-state index in [1.165, 1.54) is 11.0 Å². The number of hydrogen-bond donors (Lipinski definition) is 3. The zero-order valence-electron chi connectivity index (χ0n) is 11.2. The van der Waals surface area contributed by atoms with Gasteiger partial charge in [0, 0.05) is 36.8 Å². The van der Waals surface area contributed by atoms with Gasteiger partial charge in [0.25, 0.3) is 5.91 Å². The SMILES string of the molecule is Nc1cc(Cl)ccc1C(=O)NCCN1CCC(=O)NC1=O. The number of hydrogen-bond acceptors (Lipinski definition) is 4. The average Bonchev–Trinajstić information content (AvgIpc) is 2.41. The maximum atomic E-state index is 11.9. The molecule has 21 heavy (non-hydrogen) atoms. The van der Waals surface area contributed by atoms with Gasteiger partial charge in [0.2, 0.25) is 5.91 Å². The Labute approximate surface area is 126 Å². The van der Waals surface area contributed by atoms with Gasteiger partial charge in [0.15, 0.2) is 0 Å². The molecule has 2 rings (SSSR count). The normalized spacial score (nSPS) is 14.8. The molecule has 0 aliphatic carbocycles. The van der Waals surface area contributed by atoms with Crippen molar-refractivity contribution < 1.29 is 14.4 Å². The fourth-order valence-corrected chi connectivity index (χ4v) is 2.13. The van der Waals surface area contributed by atoms with Crippen LogP contribution in [0.1, 0.15) is 16.8 Å².